The summed E-state index contributed by atoms with van der Waals surface area (Å²) in [6.45, 7) is 1.86. The lowest BCUT2D eigenvalue weighted by Crippen LogP contribution is -2.16. The topological polar surface area (TPSA) is 120 Å². The lowest BCUT2D eigenvalue weighted by atomic mass is 10.3. The molecule has 0 atom stereocenters. The summed E-state index contributed by atoms with van der Waals surface area (Å²) in [6, 6.07) is 9.32. The van der Waals surface area contributed by atoms with Crippen molar-refractivity contribution in [3.8, 4) is 0 Å². The first-order valence-electron chi connectivity index (χ1n) is 8.59. The number of hydrogen-bond donors (Lipinski definition) is 1. The zero-order valence-corrected chi connectivity index (χ0v) is 15.9. The van der Waals surface area contributed by atoms with E-state index >= 15 is 0 Å². The van der Waals surface area contributed by atoms with Gasteiger partial charge in [0.1, 0.15) is 5.82 Å². The molecule has 2 heterocycles. The van der Waals surface area contributed by atoms with Crippen molar-refractivity contribution in [2.45, 2.75) is 24.8 Å². The highest BCUT2D eigenvalue weighted by molar-refractivity contribution is 7.92. The van der Waals surface area contributed by atoms with Gasteiger partial charge >= 0.3 is 5.76 Å². The van der Waals surface area contributed by atoms with E-state index in [-0.39, 0.29) is 22.7 Å². The zero-order chi connectivity index (χ0) is 20.6. The van der Waals surface area contributed by atoms with Gasteiger partial charge in [0.2, 0.25) is 5.89 Å². The van der Waals surface area contributed by atoms with Crippen LogP contribution in [0.1, 0.15) is 18.6 Å². The minimum absolute atomic E-state index is 0.00884. The van der Waals surface area contributed by atoms with Crippen molar-refractivity contribution >= 4 is 26.8 Å². The van der Waals surface area contributed by atoms with E-state index in [0.29, 0.717) is 23.7 Å². The van der Waals surface area contributed by atoms with Gasteiger partial charge in [0.25, 0.3) is 10.0 Å². The number of rotatable bonds is 6. The number of nitrogens with one attached hydrogen (secondary N) is 1. The molecular weight excluding hydrogens is 403 g/mol. The minimum atomic E-state index is -4.09. The Kier molecular flexibility index (Phi) is 4.66. The van der Waals surface area contributed by atoms with Gasteiger partial charge in [0.15, 0.2) is 11.4 Å². The Morgan fingerprint density at radius 1 is 1.21 bits per heavy atom. The van der Waals surface area contributed by atoms with Gasteiger partial charge in [-0.2, -0.15) is 4.98 Å². The van der Waals surface area contributed by atoms with Crippen LogP contribution in [0.5, 0.6) is 0 Å². The van der Waals surface area contributed by atoms with E-state index in [1.165, 1.54) is 41.0 Å². The maximum atomic E-state index is 13.8. The molecule has 2 aromatic carbocycles. The molecule has 0 saturated heterocycles. The molecule has 1 N–H and O–H groups in total. The monoisotopic (exact) mass is 418 g/mol. The van der Waals surface area contributed by atoms with Crippen molar-refractivity contribution in [2.24, 2.45) is 0 Å². The number of benzene rings is 2. The third-order valence-corrected chi connectivity index (χ3v) is 5.54. The molecule has 2 aromatic heterocycles. The van der Waals surface area contributed by atoms with Crippen LogP contribution >= 0.6 is 0 Å². The lowest BCUT2D eigenvalue weighted by molar-refractivity contribution is 0.375. The highest BCUT2D eigenvalue weighted by Gasteiger charge is 2.20. The molecule has 29 heavy (non-hydrogen) atoms. The Balaban J connectivity index is 1.68. The van der Waals surface area contributed by atoms with Gasteiger partial charge < -0.3 is 8.94 Å². The van der Waals surface area contributed by atoms with Gasteiger partial charge in [-0.3, -0.25) is 9.29 Å². The van der Waals surface area contributed by atoms with E-state index in [0.717, 1.165) is 6.07 Å². The number of aromatic nitrogens is 3. The standard InChI is InChI=1S/C18H15FN4O5S/c1-2-17-20-16(21-28-17)10-23-14-8-7-11(9-15(14)27-18(23)24)29(25,26)22-13-6-4-3-5-12(13)19/h3-9,22H,2,10H2,1H3. The quantitative estimate of drug-likeness (QED) is 0.511. The van der Waals surface area contributed by atoms with Crippen LogP contribution in [0, 0.1) is 5.82 Å². The van der Waals surface area contributed by atoms with Crippen molar-refractivity contribution < 1.29 is 21.7 Å². The number of sulfonamides is 1. The molecule has 0 spiro atoms. The number of aryl methyl sites for hydroxylation is 1. The molecule has 4 rings (SSSR count). The second-order valence-electron chi connectivity index (χ2n) is 6.13. The van der Waals surface area contributed by atoms with Crippen LogP contribution in [-0.2, 0) is 23.0 Å². The first-order chi connectivity index (χ1) is 13.9. The van der Waals surface area contributed by atoms with Gasteiger partial charge in [-0.1, -0.05) is 24.2 Å². The summed E-state index contributed by atoms with van der Waals surface area (Å²) < 4.78 is 52.6. The largest absolute Gasteiger partial charge is 0.420 e. The fourth-order valence-electron chi connectivity index (χ4n) is 2.75. The van der Waals surface area contributed by atoms with E-state index < -0.39 is 21.6 Å². The number of para-hydroxylation sites is 1. The lowest BCUT2D eigenvalue weighted by Gasteiger charge is -2.08. The molecule has 150 valence electrons. The van der Waals surface area contributed by atoms with Gasteiger partial charge in [0, 0.05) is 12.5 Å². The number of anilines is 1. The maximum absolute atomic E-state index is 13.8. The summed E-state index contributed by atoms with van der Waals surface area (Å²) in [4.78, 5) is 16.2. The van der Waals surface area contributed by atoms with E-state index in [1.807, 2.05) is 6.92 Å². The first kappa shape index (κ1) is 18.9. The molecule has 11 heteroatoms. The molecule has 0 bridgehead atoms. The summed E-state index contributed by atoms with van der Waals surface area (Å²) in [5, 5.41) is 3.79. The molecule has 0 radical (unpaired) electrons. The molecule has 0 aliphatic carbocycles. The Bertz CT molecular complexity index is 1360. The normalized spacial score (nSPS) is 11.8. The third kappa shape index (κ3) is 3.63. The molecule has 9 nitrogen and oxygen atoms in total. The van der Waals surface area contributed by atoms with Crippen LogP contribution in [0.25, 0.3) is 11.1 Å². The predicted molar refractivity (Wildman–Crippen MR) is 100 cm³/mol. The molecule has 0 aliphatic rings. The van der Waals surface area contributed by atoms with Crippen LogP contribution in [0.15, 0.2) is 61.1 Å². The van der Waals surface area contributed by atoms with E-state index in [4.69, 9.17) is 8.94 Å². The van der Waals surface area contributed by atoms with Gasteiger partial charge in [-0.05, 0) is 24.3 Å². The average Bonchev–Trinajstić information content (AvgIpc) is 3.27. The molecule has 0 saturated carbocycles. The van der Waals surface area contributed by atoms with Crippen molar-refractivity contribution in [2.75, 3.05) is 4.72 Å². The summed E-state index contributed by atoms with van der Waals surface area (Å²) in [5.41, 5.74) is 0.240. The van der Waals surface area contributed by atoms with Crippen LogP contribution in [0.2, 0.25) is 0 Å². The van der Waals surface area contributed by atoms with Crippen LogP contribution in [0.4, 0.5) is 10.1 Å². The van der Waals surface area contributed by atoms with Crippen LogP contribution in [-0.4, -0.2) is 23.1 Å². The summed E-state index contributed by atoms with van der Waals surface area (Å²) in [7, 11) is -4.09. The Hall–Kier alpha value is -3.47. The predicted octanol–water partition coefficient (Wildman–Crippen LogP) is 2.53. The molecular formula is C18H15FN4O5S. The van der Waals surface area contributed by atoms with Crippen LogP contribution in [0.3, 0.4) is 0 Å². The summed E-state index contributed by atoms with van der Waals surface area (Å²) in [5.74, 6) is -0.668. The van der Waals surface area contributed by atoms with Crippen LogP contribution < -0.4 is 10.5 Å². The number of fused-ring (bicyclic) bond motifs is 1. The molecule has 0 unspecified atom stereocenters. The summed E-state index contributed by atoms with van der Waals surface area (Å²) >= 11 is 0. The summed E-state index contributed by atoms with van der Waals surface area (Å²) in [6.07, 6.45) is 0.560. The Morgan fingerprint density at radius 3 is 2.72 bits per heavy atom. The van der Waals surface area contributed by atoms with Gasteiger partial charge in [-0.25, -0.2) is 17.6 Å². The average molecular weight is 418 g/mol. The first-order valence-corrected chi connectivity index (χ1v) is 10.1. The van der Waals surface area contributed by atoms with Crippen molar-refractivity contribution in [1.29, 1.82) is 0 Å². The van der Waals surface area contributed by atoms with Gasteiger partial charge in [-0.15, -0.1) is 0 Å². The third-order valence-electron chi connectivity index (χ3n) is 4.18. The number of oxazole rings is 1. The fourth-order valence-corrected chi connectivity index (χ4v) is 3.83. The Labute approximate surface area is 163 Å². The SMILES string of the molecule is CCc1nc(Cn2c(=O)oc3cc(S(=O)(=O)Nc4ccccc4F)ccc32)no1. The highest BCUT2D eigenvalue weighted by atomic mass is 32.2. The van der Waals surface area contributed by atoms with Crippen molar-refractivity contribution in [3.05, 3.63) is 70.5 Å². The second-order valence-corrected chi connectivity index (χ2v) is 7.81. The number of hydrogen-bond acceptors (Lipinski definition) is 7. The minimum Gasteiger partial charge on any atom is -0.408 e. The zero-order valence-electron chi connectivity index (χ0n) is 15.1. The molecule has 0 fully saturated rings. The fraction of sp³-hybridized carbons (Fsp3) is 0.167. The molecule has 4 aromatic rings. The smallest absolute Gasteiger partial charge is 0.408 e. The van der Waals surface area contributed by atoms with E-state index in [2.05, 4.69) is 14.9 Å². The maximum Gasteiger partial charge on any atom is 0.420 e. The van der Waals surface area contributed by atoms with Crippen molar-refractivity contribution in [3.63, 3.8) is 0 Å². The number of halogens is 1. The van der Waals surface area contributed by atoms with Gasteiger partial charge in [0.05, 0.1) is 22.6 Å². The van der Waals surface area contributed by atoms with E-state index in [1.54, 1.807) is 0 Å². The van der Waals surface area contributed by atoms with Crippen molar-refractivity contribution in [1.82, 2.24) is 14.7 Å². The molecule has 0 aliphatic heterocycles. The molecule has 0 amide bonds. The second kappa shape index (κ2) is 7.17. The number of nitrogens with zero attached hydrogens (tertiary/aromatic N) is 3. The Morgan fingerprint density at radius 2 is 2.00 bits per heavy atom. The highest BCUT2D eigenvalue weighted by Crippen LogP contribution is 2.22. The van der Waals surface area contributed by atoms with E-state index in [9.17, 15) is 17.6 Å².